The minimum Gasteiger partial charge on any atom is -0.493 e. The zero-order chi connectivity index (χ0) is 14.4. The minimum atomic E-state index is -0.467. The van der Waals surface area contributed by atoms with Crippen molar-refractivity contribution < 1.29 is 9.84 Å². The van der Waals surface area contributed by atoms with Crippen molar-refractivity contribution >= 4 is 0 Å². The number of aliphatic hydroxyl groups excluding tert-OH is 1. The van der Waals surface area contributed by atoms with Crippen LogP contribution in [-0.2, 0) is 0 Å². The van der Waals surface area contributed by atoms with Crippen molar-refractivity contribution in [3.63, 3.8) is 0 Å². The maximum Gasteiger partial charge on any atom is 0.119 e. The van der Waals surface area contributed by atoms with Gasteiger partial charge < -0.3 is 9.84 Å². The van der Waals surface area contributed by atoms with Crippen molar-refractivity contribution in [3.05, 3.63) is 65.7 Å². The van der Waals surface area contributed by atoms with E-state index in [0.29, 0.717) is 18.9 Å². The first-order valence-corrected chi connectivity index (χ1v) is 7.12. The largest absolute Gasteiger partial charge is 0.493 e. The lowest BCUT2D eigenvalue weighted by Crippen LogP contribution is -2.05. The Morgan fingerprint density at radius 2 is 1.55 bits per heavy atom. The molecule has 0 aliphatic carbocycles. The van der Waals surface area contributed by atoms with Gasteiger partial charge in [0, 0.05) is 6.42 Å². The lowest BCUT2D eigenvalue weighted by molar-refractivity contribution is 0.141. The molecule has 0 aliphatic heterocycles. The van der Waals surface area contributed by atoms with Crippen LogP contribution in [0.3, 0.4) is 0 Å². The molecule has 0 heterocycles. The van der Waals surface area contributed by atoms with Gasteiger partial charge in [0.2, 0.25) is 0 Å². The van der Waals surface area contributed by atoms with Crippen LogP contribution in [0.1, 0.15) is 43.4 Å². The van der Waals surface area contributed by atoms with Gasteiger partial charge in [-0.05, 0) is 29.2 Å². The monoisotopic (exact) mass is 270 g/mol. The summed E-state index contributed by atoms with van der Waals surface area (Å²) in [6, 6.07) is 17.8. The predicted molar refractivity (Wildman–Crippen MR) is 82.0 cm³/mol. The van der Waals surface area contributed by atoms with E-state index >= 15 is 0 Å². The molecule has 106 valence electrons. The SMILES string of the molecule is CC(C)c1ccc(OCCC(O)c2ccccc2)cc1. The highest BCUT2D eigenvalue weighted by atomic mass is 16.5. The van der Waals surface area contributed by atoms with E-state index in [0.717, 1.165) is 11.3 Å². The van der Waals surface area contributed by atoms with Crippen LogP contribution in [0.2, 0.25) is 0 Å². The first-order chi connectivity index (χ1) is 9.66. The highest BCUT2D eigenvalue weighted by molar-refractivity contribution is 5.28. The summed E-state index contributed by atoms with van der Waals surface area (Å²) >= 11 is 0. The van der Waals surface area contributed by atoms with Crippen molar-refractivity contribution in [1.82, 2.24) is 0 Å². The third-order valence-corrected chi connectivity index (χ3v) is 3.39. The Bertz CT molecular complexity index is 503. The molecule has 2 aromatic carbocycles. The number of ether oxygens (including phenoxy) is 1. The highest BCUT2D eigenvalue weighted by Crippen LogP contribution is 2.20. The number of hydrogen-bond donors (Lipinski definition) is 1. The maximum absolute atomic E-state index is 10.0. The standard InChI is InChI=1S/C18H22O2/c1-14(2)15-8-10-17(11-9-15)20-13-12-18(19)16-6-4-3-5-7-16/h3-11,14,18-19H,12-13H2,1-2H3. The number of benzene rings is 2. The molecule has 2 rings (SSSR count). The zero-order valence-corrected chi connectivity index (χ0v) is 12.1. The van der Waals surface area contributed by atoms with Crippen LogP contribution < -0.4 is 4.74 Å². The molecular formula is C18H22O2. The summed E-state index contributed by atoms with van der Waals surface area (Å²) in [5.74, 6) is 1.39. The fourth-order valence-corrected chi connectivity index (χ4v) is 2.08. The Labute approximate surface area is 121 Å². The summed E-state index contributed by atoms with van der Waals surface area (Å²) in [6.07, 6.45) is 0.127. The molecule has 1 atom stereocenters. The van der Waals surface area contributed by atoms with E-state index in [1.807, 2.05) is 42.5 Å². The van der Waals surface area contributed by atoms with Gasteiger partial charge in [0.1, 0.15) is 5.75 Å². The quantitative estimate of drug-likeness (QED) is 0.847. The summed E-state index contributed by atoms with van der Waals surface area (Å²) < 4.78 is 5.67. The van der Waals surface area contributed by atoms with Gasteiger partial charge in [0.25, 0.3) is 0 Å². The van der Waals surface area contributed by atoms with Crippen LogP contribution in [0.25, 0.3) is 0 Å². The summed E-state index contributed by atoms with van der Waals surface area (Å²) in [7, 11) is 0. The summed E-state index contributed by atoms with van der Waals surface area (Å²) in [5.41, 5.74) is 2.24. The molecule has 0 saturated heterocycles. The van der Waals surface area contributed by atoms with Crippen LogP contribution >= 0.6 is 0 Å². The van der Waals surface area contributed by atoms with E-state index in [4.69, 9.17) is 4.74 Å². The molecule has 0 amide bonds. The van der Waals surface area contributed by atoms with Crippen molar-refractivity contribution in [2.24, 2.45) is 0 Å². The molecular weight excluding hydrogens is 248 g/mol. The first kappa shape index (κ1) is 14.6. The van der Waals surface area contributed by atoms with Crippen molar-refractivity contribution in [1.29, 1.82) is 0 Å². The molecule has 1 N–H and O–H groups in total. The van der Waals surface area contributed by atoms with Gasteiger partial charge in [-0.25, -0.2) is 0 Å². The van der Waals surface area contributed by atoms with Crippen molar-refractivity contribution in [2.45, 2.75) is 32.3 Å². The predicted octanol–water partition coefficient (Wildman–Crippen LogP) is 4.31. The Kier molecular flexibility index (Phi) is 5.19. The van der Waals surface area contributed by atoms with E-state index in [-0.39, 0.29) is 0 Å². The summed E-state index contributed by atoms with van der Waals surface area (Å²) in [5, 5.41) is 10.0. The van der Waals surface area contributed by atoms with Gasteiger partial charge in [-0.1, -0.05) is 56.3 Å². The second-order valence-electron chi connectivity index (χ2n) is 5.29. The molecule has 0 aliphatic rings. The van der Waals surface area contributed by atoms with E-state index in [1.165, 1.54) is 5.56 Å². The number of rotatable bonds is 6. The molecule has 0 aromatic heterocycles. The summed E-state index contributed by atoms with van der Waals surface area (Å²) in [6.45, 7) is 4.86. The number of aliphatic hydroxyl groups is 1. The Hall–Kier alpha value is -1.80. The molecule has 2 heteroatoms. The molecule has 0 spiro atoms. The van der Waals surface area contributed by atoms with E-state index in [9.17, 15) is 5.11 Å². The van der Waals surface area contributed by atoms with Gasteiger partial charge >= 0.3 is 0 Å². The van der Waals surface area contributed by atoms with Gasteiger partial charge in [-0.15, -0.1) is 0 Å². The van der Waals surface area contributed by atoms with Gasteiger partial charge in [0.05, 0.1) is 12.7 Å². The van der Waals surface area contributed by atoms with Crippen molar-refractivity contribution in [3.8, 4) is 5.75 Å². The second kappa shape index (κ2) is 7.11. The molecule has 1 unspecified atom stereocenters. The van der Waals surface area contributed by atoms with Crippen LogP contribution in [-0.4, -0.2) is 11.7 Å². The molecule has 20 heavy (non-hydrogen) atoms. The lowest BCUT2D eigenvalue weighted by Gasteiger charge is -2.12. The molecule has 0 bridgehead atoms. The summed E-state index contributed by atoms with van der Waals surface area (Å²) in [4.78, 5) is 0. The van der Waals surface area contributed by atoms with E-state index in [2.05, 4.69) is 26.0 Å². The van der Waals surface area contributed by atoms with Gasteiger partial charge in [-0.2, -0.15) is 0 Å². The smallest absolute Gasteiger partial charge is 0.119 e. The minimum absolute atomic E-state index is 0.467. The molecule has 2 nitrogen and oxygen atoms in total. The maximum atomic E-state index is 10.0. The van der Waals surface area contributed by atoms with Crippen LogP contribution in [0, 0.1) is 0 Å². The number of hydrogen-bond acceptors (Lipinski definition) is 2. The second-order valence-corrected chi connectivity index (χ2v) is 5.29. The topological polar surface area (TPSA) is 29.5 Å². The van der Waals surface area contributed by atoms with Gasteiger partial charge in [-0.3, -0.25) is 0 Å². The Morgan fingerprint density at radius 3 is 2.15 bits per heavy atom. The third kappa shape index (κ3) is 4.10. The lowest BCUT2D eigenvalue weighted by atomic mass is 10.0. The zero-order valence-electron chi connectivity index (χ0n) is 12.1. The average Bonchev–Trinajstić information content (AvgIpc) is 2.48. The Morgan fingerprint density at radius 1 is 0.900 bits per heavy atom. The fraction of sp³-hybridized carbons (Fsp3) is 0.333. The molecule has 0 fully saturated rings. The normalized spacial score (nSPS) is 12.4. The Balaban J connectivity index is 1.81. The highest BCUT2D eigenvalue weighted by Gasteiger charge is 2.07. The van der Waals surface area contributed by atoms with E-state index < -0.39 is 6.10 Å². The fourth-order valence-electron chi connectivity index (χ4n) is 2.08. The third-order valence-electron chi connectivity index (χ3n) is 3.39. The molecule has 0 saturated carbocycles. The van der Waals surface area contributed by atoms with E-state index in [1.54, 1.807) is 0 Å². The van der Waals surface area contributed by atoms with Gasteiger partial charge in [0.15, 0.2) is 0 Å². The average molecular weight is 270 g/mol. The first-order valence-electron chi connectivity index (χ1n) is 7.12. The van der Waals surface area contributed by atoms with Crippen LogP contribution in [0.5, 0.6) is 5.75 Å². The molecule has 2 aromatic rings. The molecule has 0 radical (unpaired) electrons. The van der Waals surface area contributed by atoms with Crippen LogP contribution in [0.4, 0.5) is 0 Å². The van der Waals surface area contributed by atoms with Crippen molar-refractivity contribution in [2.75, 3.05) is 6.61 Å². The van der Waals surface area contributed by atoms with Crippen LogP contribution in [0.15, 0.2) is 54.6 Å².